The SMILES string of the molecule is Cc1oncc1C1(CN)CCC(O)CC1. The zero-order valence-corrected chi connectivity index (χ0v) is 9.07. The number of aliphatic hydroxyl groups excluding tert-OH is 1. The molecule has 1 aromatic rings. The van der Waals surface area contributed by atoms with Gasteiger partial charge >= 0.3 is 0 Å². The molecule has 0 aromatic carbocycles. The van der Waals surface area contributed by atoms with Crippen molar-refractivity contribution in [3.05, 3.63) is 17.5 Å². The van der Waals surface area contributed by atoms with Crippen LogP contribution in [0.1, 0.15) is 37.0 Å². The second-order valence-corrected chi connectivity index (χ2v) is 4.51. The predicted octanol–water partition coefficient (Wildman–Crippen LogP) is 1.11. The summed E-state index contributed by atoms with van der Waals surface area (Å²) in [6.07, 6.45) is 5.10. The molecule has 1 fully saturated rings. The molecule has 4 heteroatoms. The van der Waals surface area contributed by atoms with E-state index in [2.05, 4.69) is 5.16 Å². The minimum absolute atomic E-state index is 0.0245. The average molecular weight is 210 g/mol. The summed E-state index contributed by atoms with van der Waals surface area (Å²) in [4.78, 5) is 0. The zero-order chi connectivity index (χ0) is 10.9. The Bertz CT molecular complexity index is 327. The first-order valence-corrected chi connectivity index (χ1v) is 5.48. The fraction of sp³-hybridized carbons (Fsp3) is 0.727. The van der Waals surface area contributed by atoms with Crippen LogP contribution in [0.3, 0.4) is 0 Å². The molecule has 0 aliphatic heterocycles. The number of aryl methyl sites for hydroxylation is 1. The second-order valence-electron chi connectivity index (χ2n) is 4.51. The molecule has 4 nitrogen and oxygen atoms in total. The number of rotatable bonds is 2. The molecule has 84 valence electrons. The molecule has 3 N–H and O–H groups in total. The van der Waals surface area contributed by atoms with E-state index in [0.717, 1.165) is 37.0 Å². The molecule has 1 heterocycles. The summed E-state index contributed by atoms with van der Waals surface area (Å²) in [5.74, 6) is 0.858. The van der Waals surface area contributed by atoms with Crippen LogP contribution < -0.4 is 5.73 Å². The van der Waals surface area contributed by atoms with Crippen LogP contribution in [-0.2, 0) is 5.41 Å². The molecule has 0 unspecified atom stereocenters. The number of nitrogens with zero attached hydrogens (tertiary/aromatic N) is 1. The lowest BCUT2D eigenvalue weighted by Crippen LogP contribution is -2.40. The van der Waals surface area contributed by atoms with Gasteiger partial charge < -0.3 is 15.4 Å². The van der Waals surface area contributed by atoms with Gasteiger partial charge in [-0.15, -0.1) is 0 Å². The van der Waals surface area contributed by atoms with E-state index in [1.165, 1.54) is 0 Å². The van der Waals surface area contributed by atoms with Crippen LogP contribution >= 0.6 is 0 Å². The topological polar surface area (TPSA) is 72.3 Å². The van der Waals surface area contributed by atoms with E-state index in [4.69, 9.17) is 10.3 Å². The maximum Gasteiger partial charge on any atom is 0.137 e. The van der Waals surface area contributed by atoms with Crippen LogP contribution in [0.2, 0.25) is 0 Å². The van der Waals surface area contributed by atoms with Crippen LogP contribution in [0.4, 0.5) is 0 Å². The molecule has 1 aliphatic rings. The lowest BCUT2D eigenvalue weighted by atomic mass is 9.69. The summed E-state index contributed by atoms with van der Waals surface area (Å²) in [6.45, 7) is 2.52. The maximum atomic E-state index is 9.52. The first kappa shape index (κ1) is 10.6. The van der Waals surface area contributed by atoms with E-state index >= 15 is 0 Å². The van der Waals surface area contributed by atoms with Crippen LogP contribution in [0.15, 0.2) is 10.7 Å². The normalized spacial score (nSPS) is 31.8. The van der Waals surface area contributed by atoms with E-state index in [1.807, 2.05) is 6.92 Å². The van der Waals surface area contributed by atoms with Crippen molar-refractivity contribution in [3.8, 4) is 0 Å². The number of aliphatic hydroxyl groups is 1. The maximum absolute atomic E-state index is 9.52. The van der Waals surface area contributed by atoms with Crippen molar-refractivity contribution in [1.82, 2.24) is 5.16 Å². The summed E-state index contributed by atoms with van der Waals surface area (Å²) < 4.78 is 5.10. The smallest absolute Gasteiger partial charge is 0.137 e. The van der Waals surface area contributed by atoms with Crippen molar-refractivity contribution in [2.45, 2.75) is 44.1 Å². The van der Waals surface area contributed by atoms with Gasteiger partial charge in [0.25, 0.3) is 0 Å². The third kappa shape index (κ3) is 1.79. The lowest BCUT2D eigenvalue weighted by molar-refractivity contribution is 0.0969. The minimum atomic E-state index is -0.162. The van der Waals surface area contributed by atoms with Gasteiger partial charge in [-0.3, -0.25) is 0 Å². The van der Waals surface area contributed by atoms with Gasteiger partial charge in [0, 0.05) is 17.5 Å². The monoisotopic (exact) mass is 210 g/mol. The second kappa shape index (κ2) is 3.94. The summed E-state index contributed by atoms with van der Waals surface area (Å²) >= 11 is 0. The molecule has 0 spiro atoms. The van der Waals surface area contributed by atoms with Gasteiger partial charge in [0.2, 0.25) is 0 Å². The van der Waals surface area contributed by atoms with Gasteiger partial charge in [0.1, 0.15) is 5.76 Å². The molecule has 1 aromatic heterocycles. The number of hydrogen-bond acceptors (Lipinski definition) is 4. The molecule has 1 aliphatic carbocycles. The first-order valence-electron chi connectivity index (χ1n) is 5.48. The molecule has 0 amide bonds. The van der Waals surface area contributed by atoms with Gasteiger partial charge in [0.15, 0.2) is 0 Å². The van der Waals surface area contributed by atoms with Gasteiger partial charge in [-0.05, 0) is 32.6 Å². The van der Waals surface area contributed by atoms with E-state index in [-0.39, 0.29) is 11.5 Å². The molecule has 0 bridgehead atoms. The Hall–Kier alpha value is -0.870. The summed E-state index contributed by atoms with van der Waals surface area (Å²) in [5.41, 5.74) is 6.99. The quantitative estimate of drug-likeness (QED) is 0.767. The molecule has 15 heavy (non-hydrogen) atoms. The van der Waals surface area contributed by atoms with Crippen molar-refractivity contribution in [1.29, 1.82) is 0 Å². The molecule has 0 saturated heterocycles. The Kier molecular flexibility index (Phi) is 2.80. The standard InChI is InChI=1S/C11H18N2O2/c1-8-10(6-13-15-8)11(7-12)4-2-9(14)3-5-11/h6,9,14H,2-5,7,12H2,1H3. The van der Waals surface area contributed by atoms with Crippen LogP contribution in [-0.4, -0.2) is 22.9 Å². The van der Waals surface area contributed by atoms with Gasteiger partial charge in [-0.25, -0.2) is 0 Å². The van der Waals surface area contributed by atoms with E-state index < -0.39 is 0 Å². The van der Waals surface area contributed by atoms with Crippen molar-refractivity contribution >= 4 is 0 Å². The minimum Gasteiger partial charge on any atom is -0.393 e. The highest BCUT2D eigenvalue weighted by Gasteiger charge is 2.37. The van der Waals surface area contributed by atoms with E-state index in [1.54, 1.807) is 6.20 Å². The fourth-order valence-electron chi connectivity index (χ4n) is 2.55. The number of aromatic nitrogens is 1. The Balaban J connectivity index is 2.26. The highest BCUT2D eigenvalue weighted by atomic mass is 16.5. The van der Waals surface area contributed by atoms with Crippen molar-refractivity contribution < 1.29 is 9.63 Å². The number of hydrogen-bond donors (Lipinski definition) is 2. The Morgan fingerprint density at radius 2 is 2.27 bits per heavy atom. The Morgan fingerprint density at radius 1 is 1.60 bits per heavy atom. The first-order chi connectivity index (χ1) is 7.18. The molecule has 2 rings (SSSR count). The van der Waals surface area contributed by atoms with Crippen molar-refractivity contribution in [2.75, 3.05) is 6.54 Å². The molecular weight excluding hydrogens is 192 g/mol. The summed E-state index contributed by atoms with van der Waals surface area (Å²) in [7, 11) is 0. The molecule has 0 radical (unpaired) electrons. The van der Waals surface area contributed by atoms with Crippen molar-refractivity contribution in [2.24, 2.45) is 5.73 Å². The summed E-state index contributed by atoms with van der Waals surface area (Å²) in [5, 5.41) is 13.3. The van der Waals surface area contributed by atoms with Crippen LogP contribution in [0, 0.1) is 6.92 Å². The zero-order valence-electron chi connectivity index (χ0n) is 9.07. The third-order valence-corrected chi connectivity index (χ3v) is 3.63. The van der Waals surface area contributed by atoms with Gasteiger partial charge in [0.05, 0.1) is 12.3 Å². The van der Waals surface area contributed by atoms with Crippen LogP contribution in [0.25, 0.3) is 0 Å². The van der Waals surface area contributed by atoms with E-state index in [0.29, 0.717) is 6.54 Å². The summed E-state index contributed by atoms with van der Waals surface area (Å²) in [6, 6.07) is 0. The largest absolute Gasteiger partial charge is 0.393 e. The predicted molar refractivity (Wildman–Crippen MR) is 56.4 cm³/mol. The highest BCUT2D eigenvalue weighted by molar-refractivity contribution is 5.26. The molecular formula is C11H18N2O2. The lowest BCUT2D eigenvalue weighted by Gasteiger charge is -2.37. The fourth-order valence-corrected chi connectivity index (χ4v) is 2.55. The molecule has 0 atom stereocenters. The number of nitrogens with two attached hydrogens (primary N) is 1. The van der Waals surface area contributed by atoms with Gasteiger partial charge in [-0.2, -0.15) is 0 Å². The van der Waals surface area contributed by atoms with Gasteiger partial charge in [-0.1, -0.05) is 5.16 Å². The molecule has 1 saturated carbocycles. The van der Waals surface area contributed by atoms with Crippen molar-refractivity contribution in [3.63, 3.8) is 0 Å². The highest BCUT2D eigenvalue weighted by Crippen LogP contribution is 2.39. The van der Waals surface area contributed by atoms with Crippen LogP contribution in [0.5, 0.6) is 0 Å². The Labute approximate surface area is 89.4 Å². The average Bonchev–Trinajstić information content (AvgIpc) is 2.67. The third-order valence-electron chi connectivity index (χ3n) is 3.63. The Morgan fingerprint density at radius 3 is 2.73 bits per heavy atom. The van der Waals surface area contributed by atoms with E-state index in [9.17, 15) is 5.11 Å².